The highest BCUT2D eigenvalue weighted by atomic mass is 16.6. The van der Waals surface area contributed by atoms with Crippen molar-refractivity contribution < 1.29 is 28.7 Å². The highest BCUT2D eigenvalue weighted by molar-refractivity contribution is 6.14. The number of ketones is 1. The van der Waals surface area contributed by atoms with E-state index in [1.165, 1.54) is 0 Å². The molecule has 1 aliphatic heterocycles. The van der Waals surface area contributed by atoms with Crippen LogP contribution in [0.1, 0.15) is 42.3 Å². The Balaban J connectivity index is 1.43. The number of hydrogen-bond donors (Lipinski definition) is 2. The monoisotopic (exact) mass is 572 g/mol. The van der Waals surface area contributed by atoms with E-state index in [0.29, 0.717) is 43.0 Å². The Morgan fingerprint density at radius 3 is 2.12 bits per heavy atom. The SMILES string of the molecule is CC(C)(C)OC(=O)N1CCN(c2ccc(C(=O)c3ccccc3)c(NC(=O)CNC(=O)OCc3ccccc3)c2)CC1. The predicted octanol–water partition coefficient (Wildman–Crippen LogP) is 4.84. The number of benzene rings is 3. The topological polar surface area (TPSA) is 117 Å². The van der Waals surface area contributed by atoms with Crippen LogP contribution in [0.4, 0.5) is 21.0 Å². The quantitative estimate of drug-likeness (QED) is 0.371. The zero-order chi connectivity index (χ0) is 30.1. The molecule has 0 bridgehead atoms. The number of anilines is 2. The van der Waals surface area contributed by atoms with E-state index >= 15 is 0 Å². The molecule has 2 N–H and O–H groups in total. The standard InChI is InChI=1S/C32H36N4O6/c1-32(2,3)42-31(40)36-18-16-35(17-19-36)25-14-15-26(29(38)24-12-8-5-9-13-24)27(20-25)34-28(37)21-33-30(39)41-22-23-10-6-4-7-11-23/h4-15,20H,16-19,21-22H2,1-3H3,(H,33,39)(H,34,37). The van der Waals surface area contributed by atoms with Crippen molar-refractivity contribution in [2.24, 2.45) is 0 Å². The number of rotatable bonds is 8. The Morgan fingerprint density at radius 1 is 0.833 bits per heavy atom. The molecule has 3 aromatic rings. The molecule has 10 nitrogen and oxygen atoms in total. The molecule has 1 aliphatic rings. The summed E-state index contributed by atoms with van der Waals surface area (Å²) < 4.78 is 10.7. The summed E-state index contributed by atoms with van der Waals surface area (Å²) in [4.78, 5) is 54.5. The number of hydrogen-bond acceptors (Lipinski definition) is 7. The molecule has 1 heterocycles. The highest BCUT2D eigenvalue weighted by Crippen LogP contribution is 2.27. The summed E-state index contributed by atoms with van der Waals surface area (Å²) in [5.74, 6) is -0.761. The van der Waals surface area contributed by atoms with Crippen molar-refractivity contribution in [3.05, 3.63) is 95.6 Å². The van der Waals surface area contributed by atoms with Crippen molar-refractivity contribution in [1.29, 1.82) is 0 Å². The van der Waals surface area contributed by atoms with Crippen LogP contribution in [0.15, 0.2) is 78.9 Å². The van der Waals surface area contributed by atoms with Gasteiger partial charge in [-0.15, -0.1) is 0 Å². The van der Waals surface area contributed by atoms with E-state index in [1.54, 1.807) is 41.3 Å². The molecule has 0 unspecified atom stereocenters. The third-order valence-electron chi connectivity index (χ3n) is 6.46. The summed E-state index contributed by atoms with van der Waals surface area (Å²) >= 11 is 0. The molecule has 4 rings (SSSR count). The first-order valence-corrected chi connectivity index (χ1v) is 13.8. The lowest BCUT2D eigenvalue weighted by Gasteiger charge is -2.37. The lowest BCUT2D eigenvalue weighted by molar-refractivity contribution is -0.115. The van der Waals surface area contributed by atoms with Gasteiger partial charge in [-0.25, -0.2) is 9.59 Å². The Bertz CT molecular complexity index is 1400. The molecule has 0 aliphatic carbocycles. The maximum Gasteiger partial charge on any atom is 0.410 e. The molecule has 0 aromatic heterocycles. The normalized spacial score (nSPS) is 13.2. The summed E-state index contributed by atoms with van der Waals surface area (Å²) in [6, 6.07) is 23.2. The molecule has 1 saturated heterocycles. The molecule has 10 heteroatoms. The van der Waals surface area contributed by atoms with Crippen LogP contribution in [0.5, 0.6) is 0 Å². The number of ether oxygens (including phenoxy) is 2. The first-order chi connectivity index (χ1) is 20.1. The molecule has 42 heavy (non-hydrogen) atoms. The molecule has 3 amide bonds. The summed E-state index contributed by atoms with van der Waals surface area (Å²) in [6.45, 7) is 7.27. The summed E-state index contributed by atoms with van der Waals surface area (Å²) in [6.07, 6.45) is -1.08. The Labute approximate surface area is 245 Å². The van der Waals surface area contributed by atoms with Gasteiger partial charge in [-0.3, -0.25) is 9.59 Å². The second-order valence-corrected chi connectivity index (χ2v) is 10.8. The van der Waals surface area contributed by atoms with Crippen molar-refractivity contribution in [3.8, 4) is 0 Å². The number of alkyl carbamates (subject to hydrolysis) is 1. The molecule has 0 radical (unpaired) electrons. The molecule has 0 saturated carbocycles. The van der Waals surface area contributed by atoms with Crippen LogP contribution in [0.25, 0.3) is 0 Å². The molecule has 0 atom stereocenters. The maximum atomic E-state index is 13.3. The van der Waals surface area contributed by atoms with Gasteiger partial charge in [-0.1, -0.05) is 60.7 Å². The molecular weight excluding hydrogens is 536 g/mol. The molecule has 3 aromatic carbocycles. The fourth-order valence-electron chi connectivity index (χ4n) is 4.37. The van der Waals surface area contributed by atoms with Gasteiger partial charge in [-0.2, -0.15) is 0 Å². The Kier molecular flexibility index (Phi) is 9.80. The first kappa shape index (κ1) is 30.1. The fraction of sp³-hybridized carbons (Fsp3) is 0.312. The maximum absolute atomic E-state index is 13.3. The lowest BCUT2D eigenvalue weighted by Crippen LogP contribution is -2.50. The second-order valence-electron chi connectivity index (χ2n) is 10.8. The highest BCUT2D eigenvalue weighted by Gasteiger charge is 2.27. The minimum atomic E-state index is -0.730. The summed E-state index contributed by atoms with van der Waals surface area (Å²) in [7, 11) is 0. The third-order valence-corrected chi connectivity index (χ3v) is 6.46. The van der Waals surface area contributed by atoms with E-state index < -0.39 is 17.6 Å². The van der Waals surface area contributed by atoms with Crippen LogP contribution >= 0.6 is 0 Å². The van der Waals surface area contributed by atoms with Crippen molar-refractivity contribution >= 4 is 35.3 Å². The van der Waals surface area contributed by atoms with Gasteiger partial charge in [-0.05, 0) is 44.5 Å². The van der Waals surface area contributed by atoms with E-state index in [4.69, 9.17) is 9.47 Å². The molecular formula is C32H36N4O6. The van der Waals surface area contributed by atoms with Crippen LogP contribution in [-0.4, -0.2) is 67.1 Å². The van der Waals surface area contributed by atoms with Gasteiger partial charge in [0, 0.05) is 43.0 Å². The van der Waals surface area contributed by atoms with Gasteiger partial charge >= 0.3 is 12.2 Å². The Morgan fingerprint density at radius 2 is 1.48 bits per heavy atom. The van der Waals surface area contributed by atoms with Crippen molar-refractivity contribution in [1.82, 2.24) is 10.2 Å². The summed E-state index contributed by atoms with van der Waals surface area (Å²) in [5, 5.41) is 5.23. The molecule has 1 fully saturated rings. The second kappa shape index (κ2) is 13.7. The van der Waals surface area contributed by atoms with Gasteiger partial charge in [0.1, 0.15) is 18.8 Å². The molecule has 0 spiro atoms. The number of nitrogens with zero attached hydrogens (tertiary/aromatic N) is 2. The number of nitrogens with one attached hydrogen (secondary N) is 2. The lowest BCUT2D eigenvalue weighted by atomic mass is 10.0. The first-order valence-electron chi connectivity index (χ1n) is 13.8. The van der Waals surface area contributed by atoms with Crippen LogP contribution in [-0.2, 0) is 20.9 Å². The number of carbonyl (C=O) groups excluding carboxylic acids is 4. The number of piperazine rings is 1. The van der Waals surface area contributed by atoms with E-state index in [9.17, 15) is 19.2 Å². The Hall–Kier alpha value is -4.86. The minimum absolute atomic E-state index is 0.0766. The van der Waals surface area contributed by atoms with E-state index in [-0.39, 0.29) is 25.0 Å². The number of carbonyl (C=O) groups is 4. The van der Waals surface area contributed by atoms with Crippen LogP contribution < -0.4 is 15.5 Å². The van der Waals surface area contributed by atoms with E-state index in [0.717, 1.165) is 11.3 Å². The van der Waals surface area contributed by atoms with Crippen LogP contribution in [0.2, 0.25) is 0 Å². The van der Waals surface area contributed by atoms with Gasteiger partial charge in [0.05, 0.1) is 5.69 Å². The number of amides is 3. The van der Waals surface area contributed by atoms with Crippen LogP contribution in [0.3, 0.4) is 0 Å². The van der Waals surface area contributed by atoms with Gasteiger partial charge < -0.3 is 29.9 Å². The van der Waals surface area contributed by atoms with Gasteiger partial charge in [0.15, 0.2) is 5.78 Å². The average molecular weight is 573 g/mol. The third kappa shape index (κ3) is 8.57. The summed E-state index contributed by atoms with van der Waals surface area (Å²) in [5.41, 5.74) is 2.15. The predicted molar refractivity (Wildman–Crippen MR) is 160 cm³/mol. The zero-order valence-corrected chi connectivity index (χ0v) is 24.1. The minimum Gasteiger partial charge on any atom is -0.445 e. The molecule has 220 valence electrons. The van der Waals surface area contributed by atoms with Crippen LogP contribution in [0, 0.1) is 0 Å². The van der Waals surface area contributed by atoms with Crippen molar-refractivity contribution in [2.75, 3.05) is 42.9 Å². The average Bonchev–Trinajstić information content (AvgIpc) is 2.99. The van der Waals surface area contributed by atoms with E-state index in [2.05, 4.69) is 15.5 Å². The van der Waals surface area contributed by atoms with Gasteiger partial charge in [0.25, 0.3) is 0 Å². The fourth-order valence-corrected chi connectivity index (χ4v) is 4.37. The van der Waals surface area contributed by atoms with E-state index in [1.807, 2.05) is 63.2 Å². The zero-order valence-electron chi connectivity index (χ0n) is 24.1. The van der Waals surface area contributed by atoms with Crippen molar-refractivity contribution in [3.63, 3.8) is 0 Å². The largest absolute Gasteiger partial charge is 0.445 e. The smallest absolute Gasteiger partial charge is 0.410 e. The van der Waals surface area contributed by atoms with Crippen molar-refractivity contribution in [2.45, 2.75) is 33.0 Å². The van der Waals surface area contributed by atoms with Gasteiger partial charge in [0.2, 0.25) is 5.91 Å².